The molecule has 0 aliphatic heterocycles. The molecule has 2 aromatic rings. The summed E-state index contributed by atoms with van der Waals surface area (Å²) in [6.07, 6.45) is 0. The van der Waals surface area contributed by atoms with Crippen molar-refractivity contribution in [2.45, 2.75) is 6.92 Å². The summed E-state index contributed by atoms with van der Waals surface area (Å²) < 4.78 is 1.79. The van der Waals surface area contributed by atoms with Gasteiger partial charge >= 0.3 is 0 Å². The molecule has 0 spiro atoms. The van der Waals surface area contributed by atoms with Crippen LogP contribution in [-0.2, 0) is 7.05 Å². The van der Waals surface area contributed by atoms with Crippen molar-refractivity contribution in [2.75, 3.05) is 5.73 Å². The molecular weight excluding hydrogens is 210 g/mol. The Hall–Kier alpha value is -1.48. The number of hydrogen-bond donors (Lipinski definition) is 1. The Bertz CT molecular complexity index is 503. The number of anilines is 1. The second-order valence-corrected chi connectivity index (χ2v) is 3.90. The van der Waals surface area contributed by atoms with Gasteiger partial charge in [-0.3, -0.25) is 0 Å². The average molecular weight is 222 g/mol. The molecule has 1 aromatic heterocycles. The summed E-state index contributed by atoms with van der Waals surface area (Å²) in [4.78, 5) is 4.02. The fourth-order valence-electron chi connectivity index (χ4n) is 1.59. The lowest BCUT2D eigenvalue weighted by molar-refractivity contribution is 0.938. The van der Waals surface area contributed by atoms with Crippen molar-refractivity contribution in [3.63, 3.8) is 0 Å². The number of nitrogens with two attached hydrogens (primary N) is 1. The van der Waals surface area contributed by atoms with E-state index in [2.05, 4.69) is 11.1 Å². The van der Waals surface area contributed by atoms with Crippen molar-refractivity contribution in [3.8, 4) is 11.3 Å². The van der Waals surface area contributed by atoms with E-state index in [1.807, 2.05) is 32.2 Å². The molecule has 1 heterocycles. The van der Waals surface area contributed by atoms with Crippen LogP contribution in [0, 0.1) is 6.92 Å². The first-order valence-electron chi connectivity index (χ1n) is 4.64. The summed E-state index contributed by atoms with van der Waals surface area (Å²) in [6.45, 7) is 2.04. The fraction of sp³-hybridized carbons (Fsp3) is 0.182. The third-order valence-corrected chi connectivity index (χ3v) is 2.64. The Morgan fingerprint density at radius 3 is 2.67 bits per heavy atom. The zero-order chi connectivity index (χ0) is 11.0. The minimum absolute atomic E-state index is 0.427. The summed E-state index contributed by atoms with van der Waals surface area (Å²) >= 11 is 6.03. The van der Waals surface area contributed by atoms with Crippen molar-refractivity contribution in [3.05, 3.63) is 35.0 Å². The number of nitrogens with zero attached hydrogens (tertiary/aromatic N) is 2. The van der Waals surface area contributed by atoms with Gasteiger partial charge in [-0.05, 0) is 13.0 Å². The van der Waals surface area contributed by atoms with Gasteiger partial charge in [0, 0.05) is 12.6 Å². The lowest BCUT2D eigenvalue weighted by atomic mass is 10.1. The van der Waals surface area contributed by atoms with E-state index in [-0.39, 0.29) is 0 Å². The van der Waals surface area contributed by atoms with Crippen LogP contribution in [0.2, 0.25) is 5.15 Å². The molecule has 0 fully saturated rings. The maximum atomic E-state index is 6.03. The highest BCUT2D eigenvalue weighted by Gasteiger charge is 2.12. The zero-order valence-electron chi connectivity index (χ0n) is 8.66. The molecule has 0 atom stereocenters. The Balaban J connectivity index is 2.63. The van der Waals surface area contributed by atoms with Crippen LogP contribution in [0.3, 0.4) is 0 Å². The van der Waals surface area contributed by atoms with Gasteiger partial charge in [0.25, 0.3) is 0 Å². The Kier molecular flexibility index (Phi) is 2.40. The molecule has 78 valence electrons. The van der Waals surface area contributed by atoms with Crippen LogP contribution in [0.4, 0.5) is 5.95 Å². The molecule has 0 radical (unpaired) electrons. The number of benzene rings is 1. The molecule has 0 saturated carbocycles. The van der Waals surface area contributed by atoms with Gasteiger partial charge in [-0.2, -0.15) is 0 Å². The molecule has 0 saturated heterocycles. The number of imidazole rings is 1. The molecule has 0 amide bonds. The van der Waals surface area contributed by atoms with Gasteiger partial charge in [0.05, 0.1) is 5.69 Å². The highest BCUT2D eigenvalue weighted by Crippen LogP contribution is 2.29. The molecule has 2 N–H and O–H groups in total. The Labute approximate surface area is 93.5 Å². The number of nitrogen functional groups attached to an aromatic ring is 1. The van der Waals surface area contributed by atoms with Crippen molar-refractivity contribution < 1.29 is 0 Å². The summed E-state index contributed by atoms with van der Waals surface area (Å²) in [7, 11) is 1.85. The summed E-state index contributed by atoms with van der Waals surface area (Å²) in [5.74, 6) is 0.427. The normalized spacial score (nSPS) is 10.6. The molecule has 0 aliphatic carbocycles. The molecule has 15 heavy (non-hydrogen) atoms. The fourth-order valence-corrected chi connectivity index (χ4v) is 1.91. The van der Waals surface area contributed by atoms with E-state index < -0.39 is 0 Å². The Morgan fingerprint density at radius 2 is 2.13 bits per heavy atom. The van der Waals surface area contributed by atoms with E-state index in [1.165, 1.54) is 5.56 Å². The first kappa shape index (κ1) is 10.1. The van der Waals surface area contributed by atoms with E-state index in [9.17, 15) is 0 Å². The predicted octanol–water partition coefficient (Wildman–Crippen LogP) is 2.63. The van der Waals surface area contributed by atoms with Gasteiger partial charge < -0.3 is 10.3 Å². The van der Waals surface area contributed by atoms with Gasteiger partial charge in [0.15, 0.2) is 5.15 Å². The summed E-state index contributed by atoms with van der Waals surface area (Å²) in [6, 6.07) is 8.08. The largest absolute Gasteiger partial charge is 0.369 e. The molecule has 0 unspecified atom stereocenters. The molecule has 0 bridgehead atoms. The molecule has 0 aliphatic rings. The third-order valence-electron chi connectivity index (χ3n) is 2.38. The first-order chi connectivity index (χ1) is 7.09. The van der Waals surface area contributed by atoms with Crippen LogP contribution < -0.4 is 5.73 Å². The summed E-state index contributed by atoms with van der Waals surface area (Å²) in [5, 5.41) is 0.445. The van der Waals surface area contributed by atoms with Crippen molar-refractivity contribution >= 4 is 17.5 Å². The lowest BCUT2D eigenvalue weighted by Crippen LogP contribution is -1.98. The van der Waals surface area contributed by atoms with Crippen molar-refractivity contribution in [1.82, 2.24) is 9.55 Å². The minimum atomic E-state index is 0.427. The summed E-state index contributed by atoms with van der Waals surface area (Å²) in [5.41, 5.74) is 8.76. The first-order valence-corrected chi connectivity index (χ1v) is 5.02. The number of hydrogen-bond acceptors (Lipinski definition) is 2. The van der Waals surface area contributed by atoms with Crippen LogP contribution in [0.15, 0.2) is 24.3 Å². The maximum Gasteiger partial charge on any atom is 0.201 e. The highest BCUT2D eigenvalue weighted by molar-refractivity contribution is 6.32. The van der Waals surface area contributed by atoms with Crippen LogP contribution in [0.1, 0.15) is 5.56 Å². The molecule has 3 nitrogen and oxygen atoms in total. The number of rotatable bonds is 1. The number of aromatic nitrogens is 2. The second kappa shape index (κ2) is 3.59. The van der Waals surface area contributed by atoms with Crippen molar-refractivity contribution in [2.24, 2.45) is 7.05 Å². The van der Waals surface area contributed by atoms with Crippen LogP contribution >= 0.6 is 11.6 Å². The monoisotopic (exact) mass is 221 g/mol. The molecule has 2 rings (SSSR count). The Morgan fingerprint density at radius 1 is 1.40 bits per heavy atom. The third kappa shape index (κ3) is 1.70. The average Bonchev–Trinajstić information content (AvgIpc) is 2.41. The van der Waals surface area contributed by atoms with Crippen molar-refractivity contribution in [1.29, 1.82) is 0 Å². The quantitative estimate of drug-likeness (QED) is 0.805. The topological polar surface area (TPSA) is 43.8 Å². The standard InChI is InChI=1S/C11H12ClN3/c1-7-4-3-5-8(6-7)9-10(12)14-11(13)15(9)2/h3-6H,1-2H3,(H2,13,14). The van der Waals surface area contributed by atoms with Crippen LogP contribution in [-0.4, -0.2) is 9.55 Å². The molecular formula is C11H12ClN3. The lowest BCUT2D eigenvalue weighted by Gasteiger charge is -2.04. The van der Waals surface area contributed by atoms with E-state index in [4.69, 9.17) is 17.3 Å². The van der Waals surface area contributed by atoms with E-state index in [1.54, 1.807) is 4.57 Å². The zero-order valence-corrected chi connectivity index (χ0v) is 9.42. The second-order valence-electron chi connectivity index (χ2n) is 3.54. The van der Waals surface area contributed by atoms with Gasteiger partial charge in [0.2, 0.25) is 5.95 Å². The van der Waals surface area contributed by atoms with E-state index >= 15 is 0 Å². The maximum absolute atomic E-state index is 6.03. The molecule has 1 aromatic carbocycles. The van der Waals surface area contributed by atoms with Crippen LogP contribution in [0.5, 0.6) is 0 Å². The highest BCUT2D eigenvalue weighted by atomic mass is 35.5. The smallest absolute Gasteiger partial charge is 0.201 e. The van der Waals surface area contributed by atoms with Gasteiger partial charge in [-0.1, -0.05) is 35.4 Å². The molecule has 4 heteroatoms. The van der Waals surface area contributed by atoms with Gasteiger partial charge in [0.1, 0.15) is 0 Å². The minimum Gasteiger partial charge on any atom is -0.369 e. The number of aryl methyl sites for hydroxylation is 1. The van der Waals surface area contributed by atoms with Crippen LogP contribution in [0.25, 0.3) is 11.3 Å². The van der Waals surface area contributed by atoms with E-state index in [0.717, 1.165) is 11.3 Å². The SMILES string of the molecule is Cc1cccc(-c2c(Cl)nc(N)n2C)c1. The van der Waals surface area contributed by atoms with E-state index in [0.29, 0.717) is 11.1 Å². The predicted molar refractivity (Wildman–Crippen MR) is 62.8 cm³/mol. The van der Waals surface area contributed by atoms with Gasteiger partial charge in [-0.15, -0.1) is 0 Å². The van der Waals surface area contributed by atoms with Gasteiger partial charge in [-0.25, -0.2) is 4.98 Å². The number of halogens is 1.